The van der Waals surface area contributed by atoms with E-state index < -0.39 is 0 Å². The maximum atomic E-state index is 7.89. The topological polar surface area (TPSA) is 83.6 Å². The first-order valence-electron chi connectivity index (χ1n) is 10.8. The van der Waals surface area contributed by atoms with Crippen LogP contribution in [0.2, 0.25) is 0 Å². The molecule has 1 aliphatic rings. The lowest BCUT2D eigenvalue weighted by molar-refractivity contribution is -0.0671. The van der Waals surface area contributed by atoms with E-state index in [-0.39, 0.29) is 18.1 Å². The number of allylic oxidation sites excluding steroid dienone is 1. The lowest BCUT2D eigenvalue weighted by atomic mass is 9.81. The van der Waals surface area contributed by atoms with Crippen LogP contribution in [-0.4, -0.2) is 70.3 Å². The summed E-state index contributed by atoms with van der Waals surface area (Å²) in [5.41, 5.74) is 8.34. The molecule has 6 nitrogen and oxygen atoms in total. The molecule has 0 radical (unpaired) electrons. The second-order valence-electron chi connectivity index (χ2n) is 9.07. The van der Waals surface area contributed by atoms with Crippen molar-refractivity contribution in [1.82, 2.24) is 10.2 Å². The summed E-state index contributed by atoms with van der Waals surface area (Å²) in [5.74, 6) is 1.24. The third-order valence-electron chi connectivity index (χ3n) is 5.12. The molecule has 1 saturated carbocycles. The number of likely N-dealkylation sites (N-methyl/N-ethyl adjacent to an activating group) is 2. The molecule has 0 heterocycles. The molecule has 0 bridgehead atoms. The molecule has 0 aromatic rings. The Bertz CT molecular complexity index is 459. The van der Waals surface area contributed by atoms with E-state index in [1.807, 2.05) is 7.05 Å². The van der Waals surface area contributed by atoms with Crippen LogP contribution in [0, 0.1) is 23.2 Å². The molecule has 0 spiro atoms. The molecule has 0 saturated heterocycles. The summed E-state index contributed by atoms with van der Waals surface area (Å²) in [7, 11) is 4.02. The van der Waals surface area contributed by atoms with Crippen LogP contribution in [0.25, 0.3) is 0 Å². The minimum Gasteiger partial charge on any atom is -0.402 e. The van der Waals surface area contributed by atoms with Crippen LogP contribution in [0.4, 0.5) is 0 Å². The smallest absolute Gasteiger partial charge is 0.0606 e. The highest BCUT2D eigenvalue weighted by atomic mass is 16.5. The maximum Gasteiger partial charge on any atom is 0.0606 e. The van der Waals surface area contributed by atoms with E-state index in [4.69, 9.17) is 20.6 Å². The Balaban J connectivity index is 2.86. The molecule has 1 rings (SSSR count). The first-order valence-corrected chi connectivity index (χ1v) is 10.8. The minimum atomic E-state index is 0.172. The maximum absolute atomic E-state index is 7.89. The fourth-order valence-electron chi connectivity index (χ4n) is 3.55. The second-order valence-corrected chi connectivity index (χ2v) is 9.07. The summed E-state index contributed by atoms with van der Waals surface area (Å²) in [6.45, 7) is 12.8. The van der Waals surface area contributed by atoms with Crippen LogP contribution >= 0.6 is 0 Å². The third-order valence-corrected chi connectivity index (χ3v) is 5.12. The molecular weight excluding hydrogens is 352 g/mol. The molecule has 1 fully saturated rings. The average molecular weight is 397 g/mol. The van der Waals surface area contributed by atoms with Gasteiger partial charge < -0.3 is 30.8 Å². The fourth-order valence-corrected chi connectivity index (χ4v) is 3.55. The van der Waals surface area contributed by atoms with Crippen LogP contribution in [0.1, 0.15) is 47.0 Å². The van der Waals surface area contributed by atoms with Crippen molar-refractivity contribution in [2.24, 2.45) is 23.5 Å². The Kier molecular flexibility index (Phi) is 11.9. The Morgan fingerprint density at radius 1 is 1.11 bits per heavy atom. The number of nitrogens with zero attached hydrogens (tertiary/aromatic N) is 1. The normalized spacial score (nSPS) is 24.1. The van der Waals surface area contributed by atoms with Gasteiger partial charge in [0, 0.05) is 56.3 Å². The summed E-state index contributed by atoms with van der Waals surface area (Å²) < 4.78 is 12.4. The molecule has 164 valence electrons. The van der Waals surface area contributed by atoms with Gasteiger partial charge in [-0.05, 0) is 45.2 Å². The van der Waals surface area contributed by atoms with Crippen molar-refractivity contribution in [1.29, 1.82) is 5.41 Å². The SMILES string of the molecule is CNCCN(C)CC(C=N)=C(N)C1CC(OCC(C)C)C[C@@H](OCC(C)C)C1. The van der Waals surface area contributed by atoms with E-state index in [1.54, 1.807) is 0 Å². The average Bonchev–Trinajstić information content (AvgIpc) is 2.66. The Morgan fingerprint density at radius 3 is 2.07 bits per heavy atom. The third kappa shape index (κ3) is 9.50. The molecule has 6 heteroatoms. The molecule has 0 aromatic carbocycles. The monoisotopic (exact) mass is 396 g/mol. The van der Waals surface area contributed by atoms with Crippen molar-refractivity contribution >= 4 is 6.21 Å². The van der Waals surface area contributed by atoms with Gasteiger partial charge in [-0.15, -0.1) is 0 Å². The van der Waals surface area contributed by atoms with Crippen molar-refractivity contribution in [2.75, 3.05) is 46.9 Å². The number of hydrogen-bond donors (Lipinski definition) is 3. The summed E-state index contributed by atoms with van der Waals surface area (Å²) in [5, 5.41) is 11.0. The lowest BCUT2D eigenvalue weighted by Crippen LogP contribution is -2.38. The molecule has 0 aromatic heterocycles. The van der Waals surface area contributed by atoms with Crippen LogP contribution in [0.3, 0.4) is 0 Å². The van der Waals surface area contributed by atoms with Crippen molar-refractivity contribution in [3.8, 4) is 0 Å². The van der Waals surface area contributed by atoms with Gasteiger partial charge in [0.2, 0.25) is 0 Å². The summed E-state index contributed by atoms with van der Waals surface area (Å²) in [6, 6.07) is 0. The number of ether oxygens (including phenoxy) is 2. The van der Waals surface area contributed by atoms with Crippen LogP contribution in [-0.2, 0) is 9.47 Å². The van der Waals surface area contributed by atoms with E-state index in [9.17, 15) is 0 Å². The van der Waals surface area contributed by atoms with E-state index in [2.05, 4.69) is 45.0 Å². The largest absolute Gasteiger partial charge is 0.402 e. The fraction of sp³-hybridized carbons (Fsp3) is 0.864. The van der Waals surface area contributed by atoms with Gasteiger partial charge in [-0.3, -0.25) is 0 Å². The Labute approximate surface area is 172 Å². The zero-order valence-electron chi connectivity index (χ0n) is 19.0. The van der Waals surface area contributed by atoms with Crippen molar-refractivity contribution in [3.63, 3.8) is 0 Å². The quantitative estimate of drug-likeness (QED) is 0.417. The Morgan fingerprint density at radius 2 is 1.64 bits per heavy atom. The number of nitrogens with one attached hydrogen (secondary N) is 2. The molecule has 4 N–H and O–H groups in total. The highest BCUT2D eigenvalue weighted by Crippen LogP contribution is 2.33. The van der Waals surface area contributed by atoms with Gasteiger partial charge in [0.15, 0.2) is 0 Å². The molecular formula is C22H44N4O2. The molecule has 28 heavy (non-hydrogen) atoms. The van der Waals surface area contributed by atoms with Gasteiger partial charge in [-0.2, -0.15) is 0 Å². The van der Waals surface area contributed by atoms with Crippen LogP contribution < -0.4 is 11.1 Å². The summed E-state index contributed by atoms with van der Waals surface area (Å²) in [4.78, 5) is 2.20. The van der Waals surface area contributed by atoms with Gasteiger partial charge in [-0.1, -0.05) is 27.7 Å². The highest BCUT2D eigenvalue weighted by molar-refractivity contribution is 5.77. The van der Waals surface area contributed by atoms with Gasteiger partial charge in [0.25, 0.3) is 0 Å². The first kappa shape index (κ1) is 25.1. The van der Waals surface area contributed by atoms with Crippen LogP contribution in [0.5, 0.6) is 0 Å². The first-order chi connectivity index (χ1) is 13.3. The summed E-state index contributed by atoms with van der Waals surface area (Å²) >= 11 is 0. The van der Waals surface area contributed by atoms with E-state index in [1.165, 1.54) is 6.21 Å². The van der Waals surface area contributed by atoms with Gasteiger partial charge in [0.1, 0.15) is 0 Å². The summed E-state index contributed by atoms with van der Waals surface area (Å²) in [6.07, 6.45) is 4.53. The number of nitrogens with two attached hydrogens (primary N) is 1. The van der Waals surface area contributed by atoms with Crippen molar-refractivity contribution < 1.29 is 9.47 Å². The molecule has 0 aliphatic heterocycles. The van der Waals surface area contributed by atoms with E-state index in [0.717, 1.165) is 56.8 Å². The second kappa shape index (κ2) is 13.3. The van der Waals surface area contributed by atoms with Crippen LogP contribution in [0.15, 0.2) is 11.3 Å². The van der Waals surface area contributed by atoms with E-state index >= 15 is 0 Å². The standard InChI is InChI=1S/C22H44N4O2/c1-16(2)14-27-20-9-18(10-21(11-20)28-15-17(3)4)22(24)19(12-23)13-26(6)8-7-25-5/h12,16-18,20-21,23,25H,7-11,13-15,24H2,1-6H3/t18?,20-,21?/m0/s1. The molecule has 2 unspecified atom stereocenters. The van der Waals surface area contributed by atoms with E-state index in [0.29, 0.717) is 18.4 Å². The van der Waals surface area contributed by atoms with Gasteiger partial charge in [-0.25, -0.2) is 0 Å². The zero-order chi connectivity index (χ0) is 21.1. The number of rotatable bonds is 13. The predicted octanol–water partition coefficient (Wildman–Crippen LogP) is 2.88. The molecule has 0 amide bonds. The van der Waals surface area contributed by atoms with Crippen molar-refractivity contribution in [3.05, 3.63) is 11.3 Å². The van der Waals surface area contributed by atoms with Crippen molar-refractivity contribution in [2.45, 2.75) is 59.2 Å². The van der Waals surface area contributed by atoms with Gasteiger partial charge >= 0.3 is 0 Å². The number of hydrogen-bond acceptors (Lipinski definition) is 6. The Hall–Kier alpha value is -0.950. The zero-order valence-corrected chi connectivity index (χ0v) is 19.0. The lowest BCUT2D eigenvalue weighted by Gasteiger charge is -2.36. The highest BCUT2D eigenvalue weighted by Gasteiger charge is 2.32. The molecule has 1 aliphatic carbocycles. The predicted molar refractivity (Wildman–Crippen MR) is 118 cm³/mol. The minimum absolute atomic E-state index is 0.172. The van der Waals surface area contributed by atoms with Gasteiger partial charge in [0.05, 0.1) is 12.2 Å². The molecule has 3 atom stereocenters.